The number of methoxy groups -OCH3 is 1. The number of sulfone groups is 1. The maximum Gasteiger partial charge on any atom is 0.231 e. The second kappa shape index (κ2) is 6.67. The normalized spacial score (nSPS) is 26.2. The Morgan fingerprint density at radius 2 is 1.89 bits per heavy atom. The second-order valence-electron chi connectivity index (χ2n) is 6.88. The molecule has 0 radical (unpaired) electrons. The van der Waals surface area contributed by atoms with Crippen LogP contribution in [-0.2, 0) is 14.6 Å². The minimum Gasteiger partial charge on any atom is -0.454 e. The molecule has 1 aliphatic heterocycles. The van der Waals surface area contributed by atoms with Gasteiger partial charge in [0.05, 0.1) is 16.8 Å². The maximum atomic E-state index is 13.4. The summed E-state index contributed by atoms with van der Waals surface area (Å²) in [6, 6.07) is 11.7. The molecule has 1 heterocycles. The first-order valence-corrected chi connectivity index (χ1v) is 10.4. The minimum atomic E-state index is -3.63. The molecule has 0 amide bonds. The van der Waals surface area contributed by atoms with Crippen LogP contribution >= 0.6 is 11.6 Å². The molecule has 144 valence electrons. The predicted molar refractivity (Wildman–Crippen MR) is 101 cm³/mol. The van der Waals surface area contributed by atoms with Crippen molar-refractivity contribution in [3.63, 3.8) is 0 Å². The molecule has 2 aromatic rings. The average Bonchev–Trinajstić information content (AvgIpc) is 3.10. The molecule has 27 heavy (non-hydrogen) atoms. The standard InChI is InChI=1S/C19H20ClNO5S/c1-24-10-19(9-21)17(12-2-7-15-16(8-12)26-11-25-15)18(19)27(22,23)14-5-3-13(20)4-6-14/h2-8,17-18H,9-11,21H2,1H3/t17-,18-,19-/m1/s1. The van der Waals surface area contributed by atoms with E-state index in [1.807, 2.05) is 12.1 Å². The Labute approximate surface area is 163 Å². The Morgan fingerprint density at radius 3 is 2.56 bits per heavy atom. The van der Waals surface area contributed by atoms with Gasteiger partial charge in [0.15, 0.2) is 21.3 Å². The van der Waals surface area contributed by atoms with Gasteiger partial charge in [0.1, 0.15) is 0 Å². The lowest BCUT2D eigenvalue weighted by Gasteiger charge is -2.15. The van der Waals surface area contributed by atoms with Crippen molar-refractivity contribution in [3.05, 3.63) is 53.1 Å². The SMILES string of the molecule is COC[C@]1(CN)[C@H](c2ccc3c(c2)OCO3)[C@H]1S(=O)(=O)c1ccc(Cl)cc1. The Morgan fingerprint density at radius 1 is 1.19 bits per heavy atom. The van der Waals surface area contributed by atoms with Crippen LogP contribution in [0.25, 0.3) is 0 Å². The van der Waals surface area contributed by atoms with Crippen molar-refractivity contribution in [2.75, 3.05) is 27.1 Å². The van der Waals surface area contributed by atoms with Crippen molar-refractivity contribution in [2.45, 2.75) is 16.1 Å². The van der Waals surface area contributed by atoms with Crippen molar-refractivity contribution in [3.8, 4) is 11.5 Å². The third-order valence-corrected chi connectivity index (χ3v) is 8.00. The minimum absolute atomic E-state index is 0.163. The number of rotatable bonds is 6. The summed E-state index contributed by atoms with van der Waals surface area (Å²) >= 11 is 5.91. The predicted octanol–water partition coefficient (Wildman–Crippen LogP) is 2.60. The average molecular weight is 410 g/mol. The monoisotopic (exact) mass is 409 g/mol. The van der Waals surface area contributed by atoms with Crippen LogP contribution in [0.5, 0.6) is 11.5 Å². The van der Waals surface area contributed by atoms with Crippen molar-refractivity contribution in [1.29, 1.82) is 0 Å². The lowest BCUT2D eigenvalue weighted by molar-refractivity contribution is 0.142. The molecule has 4 rings (SSSR count). The molecule has 6 nitrogen and oxygen atoms in total. The van der Waals surface area contributed by atoms with Crippen LogP contribution in [0.3, 0.4) is 0 Å². The summed E-state index contributed by atoms with van der Waals surface area (Å²) in [5, 5.41) is -0.199. The fourth-order valence-corrected chi connectivity index (χ4v) is 6.64. The van der Waals surface area contributed by atoms with Gasteiger partial charge in [-0.25, -0.2) is 8.42 Å². The van der Waals surface area contributed by atoms with Crippen molar-refractivity contribution < 1.29 is 22.6 Å². The van der Waals surface area contributed by atoms with E-state index in [9.17, 15) is 8.42 Å². The fourth-order valence-electron chi connectivity index (χ4n) is 4.07. The highest BCUT2D eigenvalue weighted by Gasteiger charge is 2.70. The second-order valence-corrected chi connectivity index (χ2v) is 9.39. The zero-order valence-corrected chi connectivity index (χ0v) is 16.3. The number of hydrogen-bond donors (Lipinski definition) is 1. The molecular weight excluding hydrogens is 390 g/mol. The summed E-state index contributed by atoms with van der Waals surface area (Å²) in [6.07, 6.45) is 0. The van der Waals surface area contributed by atoms with Gasteiger partial charge in [-0.3, -0.25) is 0 Å². The summed E-state index contributed by atoms with van der Waals surface area (Å²) in [4.78, 5) is 0.231. The van der Waals surface area contributed by atoms with Gasteiger partial charge in [0.2, 0.25) is 6.79 Å². The topological polar surface area (TPSA) is 87.8 Å². The maximum absolute atomic E-state index is 13.4. The highest BCUT2D eigenvalue weighted by molar-refractivity contribution is 7.92. The molecule has 1 fully saturated rings. The highest BCUT2D eigenvalue weighted by atomic mass is 35.5. The van der Waals surface area contributed by atoms with E-state index in [2.05, 4.69) is 0 Å². The quantitative estimate of drug-likeness (QED) is 0.789. The molecule has 0 aromatic heterocycles. The van der Waals surface area contributed by atoms with Crippen LogP contribution in [-0.4, -0.2) is 40.7 Å². The van der Waals surface area contributed by atoms with Gasteiger partial charge in [-0.2, -0.15) is 0 Å². The first-order chi connectivity index (χ1) is 12.9. The Balaban J connectivity index is 1.76. The zero-order chi connectivity index (χ0) is 19.2. The number of nitrogens with two attached hydrogens (primary N) is 1. The van der Waals surface area contributed by atoms with Crippen LogP contribution in [0.4, 0.5) is 0 Å². The largest absolute Gasteiger partial charge is 0.454 e. The summed E-state index contributed by atoms with van der Waals surface area (Å²) in [6.45, 7) is 0.605. The smallest absolute Gasteiger partial charge is 0.231 e. The molecule has 0 saturated heterocycles. The number of fused-ring (bicyclic) bond motifs is 1. The van der Waals surface area contributed by atoms with Crippen LogP contribution in [0.2, 0.25) is 5.02 Å². The van der Waals surface area contributed by atoms with Crippen LogP contribution in [0, 0.1) is 5.41 Å². The molecule has 0 unspecified atom stereocenters. The van der Waals surface area contributed by atoms with E-state index in [-0.39, 0.29) is 30.8 Å². The summed E-state index contributed by atoms with van der Waals surface area (Å²) in [7, 11) is -2.07. The van der Waals surface area contributed by atoms with E-state index in [4.69, 9.17) is 31.5 Å². The third-order valence-electron chi connectivity index (χ3n) is 5.40. The first kappa shape index (κ1) is 18.6. The number of halogens is 1. The van der Waals surface area contributed by atoms with E-state index in [1.165, 1.54) is 12.1 Å². The van der Waals surface area contributed by atoms with E-state index in [0.717, 1.165) is 5.56 Å². The number of ether oxygens (including phenoxy) is 3. The fraction of sp³-hybridized carbons (Fsp3) is 0.368. The van der Waals surface area contributed by atoms with Crippen LogP contribution < -0.4 is 15.2 Å². The van der Waals surface area contributed by atoms with Gasteiger partial charge in [-0.05, 0) is 42.0 Å². The zero-order valence-electron chi connectivity index (χ0n) is 14.7. The summed E-state index contributed by atoms with van der Waals surface area (Å²) in [5.41, 5.74) is 6.22. The molecule has 3 atom stereocenters. The summed E-state index contributed by atoms with van der Waals surface area (Å²) in [5.74, 6) is 0.976. The van der Waals surface area contributed by atoms with Crippen molar-refractivity contribution in [2.24, 2.45) is 11.1 Å². The molecule has 1 saturated carbocycles. The first-order valence-electron chi connectivity index (χ1n) is 8.52. The number of hydrogen-bond acceptors (Lipinski definition) is 6. The summed E-state index contributed by atoms with van der Waals surface area (Å²) < 4.78 is 42.9. The molecule has 0 bridgehead atoms. The van der Waals surface area contributed by atoms with Crippen LogP contribution in [0.15, 0.2) is 47.4 Å². The Bertz CT molecular complexity index is 963. The van der Waals surface area contributed by atoms with Crippen LogP contribution in [0.1, 0.15) is 11.5 Å². The highest BCUT2D eigenvalue weighted by Crippen LogP contribution is 2.64. The molecule has 2 aromatic carbocycles. The van der Waals surface area contributed by atoms with E-state index >= 15 is 0 Å². The van der Waals surface area contributed by atoms with E-state index in [1.54, 1.807) is 25.3 Å². The lowest BCUT2D eigenvalue weighted by Crippen LogP contribution is -2.28. The van der Waals surface area contributed by atoms with Crippen molar-refractivity contribution >= 4 is 21.4 Å². The van der Waals surface area contributed by atoms with E-state index < -0.39 is 20.5 Å². The van der Waals surface area contributed by atoms with E-state index in [0.29, 0.717) is 16.5 Å². The molecule has 0 spiro atoms. The van der Waals surface area contributed by atoms with Gasteiger partial charge in [0.25, 0.3) is 0 Å². The molecule has 8 heteroatoms. The molecule has 2 N–H and O–H groups in total. The van der Waals surface area contributed by atoms with Gasteiger partial charge in [-0.15, -0.1) is 0 Å². The Kier molecular flexibility index (Phi) is 4.58. The lowest BCUT2D eigenvalue weighted by atomic mass is 9.99. The number of benzene rings is 2. The third kappa shape index (κ3) is 2.89. The van der Waals surface area contributed by atoms with Crippen molar-refractivity contribution in [1.82, 2.24) is 0 Å². The van der Waals surface area contributed by atoms with Gasteiger partial charge in [-0.1, -0.05) is 17.7 Å². The molecule has 1 aliphatic carbocycles. The molecule has 2 aliphatic rings. The Hall–Kier alpha value is -1.80. The van der Waals surface area contributed by atoms with Gasteiger partial charge >= 0.3 is 0 Å². The molecular formula is C19H20ClNO5S. The van der Waals surface area contributed by atoms with Gasteiger partial charge < -0.3 is 19.9 Å². The van der Waals surface area contributed by atoms with Gasteiger partial charge in [0, 0.05) is 30.0 Å².